The minimum absolute atomic E-state index is 0.281. The van der Waals surface area contributed by atoms with Gasteiger partial charge in [0.15, 0.2) is 0 Å². The Morgan fingerprint density at radius 3 is 2.64 bits per heavy atom. The summed E-state index contributed by atoms with van der Waals surface area (Å²) in [6.07, 6.45) is 4.83. The molecule has 0 bridgehead atoms. The van der Waals surface area contributed by atoms with Gasteiger partial charge in [-0.25, -0.2) is 0 Å². The first-order chi connectivity index (χ1) is 10.7. The molecule has 0 radical (unpaired) electrons. The standard InChI is InChI=1S/C17H12ClN3O/c18-14-4-1-3-12(9-14)13-6-8-20-16(10-13)17(22)21-15-5-2-7-19-11-15/h1-11H,(H,21,22). The second-order valence-corrected chi connectivity index (χ2v) is 5.07. The summed E-state index contributed by atoms with van der Waals surface area (Å²) in [5.74, 6) is -0.281. The Balaban J connectivity index is 1.86. The largest absolute Gasteiger partial charge is 0.319 e. The number of nitrogens with one attached hydrogen (secondary N) is 1. The minimum Gasteiger partial charge on any atom is -0.319 e. The molecule has 0 aliphatic heterocycles. The molecule has 5 heteroatoms. The van der Waals surface area contributed by atoms with Crippen molar-refractivity contribution in [2.45, 2.75) is 0 Å². The van der Waals surface area contributed by atoms with E-state index in [2.05, 4.69) is 15.3 Å². The van der Waals surface area contributed by atoms with E-state index in [1.54, 1.807) is 36.8 Å². The molecule has 1 N–H and O–H groups in total. The third kappa shape index (κ3) is 3.30. The maximum absolute atomic E-state index is 12.2. The van der Waals surface area contributed by atoms with Crippen LogP contribution in [0.2, 0.25) is 5.02 Å². The summed E-state index contributed by atoms with van der Waals surface area (Å²) < 4.78 is 0. The number of carbonyl (C=O) groups is 1. The summed E-state index contributed by atoms with van der Waals surface area (Å²) in [4.78, 5) is 20.3. The van der Waals surface area contributed by atoms with Crippen LogP contribution < -0.4 is 5.32 Å². The predicted molar refractivity (Wildman–Crippen MR) is 86.9 cm³/mol. The molecule has 2 aromatic heterocycles. The van der Waals surface area contributed by atoms with E-state index in [9.17, 15) is 4.79 Å². The summed E-state index contributed by atoms with van der Waals surface area (Å²) in [6, 6.07) is 14.6. The van der Waals surface area contributed by atoms with Gasteiger partial charge in [0.1, 0.15) is 5.69 Å². The SMILES string of the molecule is O=C(Nc1cccnc1)c1cc(-c2cccc(Cl)c2)ccn1. The fraction of sp³-hybridized carbons (Fsp3) is 0. The zero-order valence-electron chi connectivity index (χ0n) is 11.5. The smallest absolute Gasteiger partial charge is 0.274 e. The van der Waals surface area contributed by atoms with Crippen molar-refractivity contribution in [2.24, 2.45) is 0 Å². The third-order valence-corrected chi connectivity index (χ3v) is 3.31. The average Bonchev–Trinajstić information content (AvgIpc) is 2.56. The van der Waals surface area contributed by atoms with Crippen LogP contribution in [0.15, 0.2) is 67.1 Å². The van der Waals surface area contributed by atoms with Crippen LogP contribution in [0.5, 0.6) is 0 Å². The van der Waals surface area contributed by atoms with Crippen molar-refractivity contribution in [1.82, 2.24) is 9.97 Å². The van der Waals surface area contributed by atoms with E-state index in [1.165, 1.54) is 0 Å². The summed E-state index contributed by atoms with van der Waals surface area (Å²) in [6.45, 7) is 0. The highest BCUT2D eigenvalue weighted by Crippen LogP contribution is 2.23. The molecule has 22 heavy (non-hydrogen) atoms. The fourth-order valence-electron chi connectivity index (χ4n) is 2.03. The van der Waals surface area contributed by atoms with Crippen LogP contribution >= 0.6 is 11.6 Å². The van der Waals surface area contributed by atoms with Gasteiger partial charge in [0.25, 0.3) is 5.91 Å². The normalized spacial score (nSPS) is 10.2. The Kier molecular flexibility index (Phi) is 4.12. The number of pyridine rings is 2. The molecule has 0 fully saturated rings. The zero-order valence-corrected chi connectivity index (χ0v) is 12.3. The highest BCUT2D eigenvalue weighted by Gasteiger charge is 2.09. The summed E-state index contributed by atoms with van der Waals surface area (Å²) >= 11 is 6.00. The van der Waals surface area contributed by atoms with Crippen LogP contribution in [0, 0.1) is 0 Å². The fourth-order valence-corrected chi connectivity index (χ4v) is 2.22. The minimum atomic E-state index is -0.281. The number of amides is 1. The molecule has 0 saturated carbocycles. The van der Waals surface area contributed by atoms with Gasteiger partial charge in [-0.2, -0.15) is 0 Å². The number of halogens is 1. The number of benzene rings is 1. The Hall–Kier alpha value is -2.72. The number of aromatic nitrogens is 2. The Bertz CT molecular complexity index is 806. The predicted octanol–water partition coefficient (Wildman–Crippen LogP) is 4.05. The molecule has 4 nitrogen and oxygen atoms in total. The van der Waals surface area contributed by atoms with Gasteiger partial charge in [0.05, 0.1) is 11.9 Å². The summed E-state index contributed by atoms with van der Waals surface area (Å²) in [5.41, 5.74) is 2.78. The van der Waals surface area contributed by atoms with Gasteiger partial charge < -0.3 is 5.32 Å². The lowest BCUT2D eigenvalue weighted by atomic mass is 10.1. The lowest BCUT2D eigenvalue weighted by molar-refractivity contribution is 0.102. The molecule has 1 amide bonds. The van der Waals surface area contributed by atoms with Crippen LogP contribution in [0.4, 0.5) is 5.69 Å². The maximum Gasteiger partial charge on any atom is 0.274 e. The van der Waals surface area contributed by atoms with Gasteiger partial charge in [-0.15, -0.1) is 0 Å². The third-order valence-electron chi connectivity index (χ3n) is 3.07. The molecule has 0 atom stereocenters. The van der Waals surface area contributed by atoms with E-state index in [0.29, 0.717) is 16.4 Å². The summed E-state index contributed by atoms with van der Waals surface area (Å²) in [7, 11) is 0. The lowest BCUT2D eigenvalue weighted by Crippen LogP contribution is -2.13. The number of rotatable bonds is 3. The van der Waals surface area contributed by atoms with Gasteiger partial charge in [0, 0.05) is 17.4 Å². The van der Waals surface area contributed by atoms with Gasteiger partial charge in [-0.05, 0) is 47.5 Å². The molecular formula is C17H12ClN3O. The number of hydrogen-bond donors (Lipinski definition) is 1. The molecular weight excluding hydrogens is 298 g/mol. The van der Waals surface area contributed by atoms with Crippen LogP contribution in [0.3, 0.4) is 0 Å². The first-order valence-electron chi connectivity index (χ1n) is 6.66. The molecule has 108 valence electrons. The van der Waals surface area contributed by atoms with Crippen molar-refractivity contribution in [1.29, 1.82) is 0 Å². The van der Waals surface area contributed by atoms with Crippen molar-refractivity contribution in [3.8, 4) is 11.1 Å². The molecule has 2 heterocycles. The van der Waals surface area contributed by atoms with Crippen LogP contribution in [0.25, 0.3) is 11.1 Å². The van der Waals surface area contributed by atoms with Gasteiger partial charge >= 0.3 is 0 Å². The van der Waals surface area contributed by atoms with Crippen LogP contribution in [0.1, 0.15) is 10.5 Å². The van der Waals surface area contributed by atoms with Gasteiger partial charge in [-0.3, -0.25) is 14.8 Å². The van der Waals surface area contributed by atoms with E-state index >= 15 is 0 Å². The highest BCUT2D eigenvalue weighted by molar-refractivity contribution is 6.30. The van der Waals surface area contributed by atoms with Crippen LogP contribution in [-0.2, 0) is 0 Å². The Labute approximate surface area is 132 Å². The second kappa shape index (κ2) is 6.37. The average molecular weight is 310 g/mol. The van der Waals surface area contributed by atoms with Crippen molar-refractivity contribution in [3.05, 3.63) is 77.8 Å². The molecule has 0 aliphatic carbocycles. The molecule has 0 aliphatic rings. The van der Waals surface area contributed by atoms with Gasteiger partial charge in [0.2, 0.25) is 0 Å². The molecule has 3 aromatic rings. The lowest BCUT2D eigenvalue weighted by Gasteiger charge is -2.06. The van der Waals surface area contributed by atoms with Crippen molar-refractivity contribution in [3.63, 3.8) is 0 Å². The van der Waals surface area contributed by atoms with Crippen LogP contribution in [-0.4, -0.2) is 15.9 Å². The van der Waals surface area contributed by atoms with Crippen molar-refractivity contribution < 1.29 is 4.79 Å². The Morgan fingerprint density at radius 1 is 1.00 bits per heavy atom. The van der Waals surface area contributed by atoms with Crippen molar-refractivity contribution in [2.75, 3.05) is 5.32 Å². The molecule has 0 spiro atoms. The monoisotopic (exact) mass is 309 g/mol. The van der Waals surface area contributed by atoms with E-state index in [4.69, 9.17) is 11.6 Å². The first-order valence-corrected chi connectivity index (χ1v) is 7.03. The molecule has 0 saturated heterocycles. The van der Waals surface area contributed by atoms with E-state index in [0.717, 1.165) is 11.1 Å². The molecule has 1 aromatic carbocycles. The van der Waals surface area contributed by atoms with Crippen molar-refractivity contribution >= 4 is 23.2 Å². The number of hydrogen-bond acceptors (Lipinski definition) is 3. The number of anilines is 1. The second-order valence-electron chi connectivity index (χ2n) is 4.64. The maximum atomic E-state index is 12.2. The molecule has 0 unspecified atom stereocenters. The molecule has 3 rings (SSSR count). The topological polar surface area (TPSA) is 54.9 Å². The number of carbonyl (C=O) groups excluding carboxylic acids is 1. The van der Waals surface area contributed by atoms with E-state index in [-0.39, 0.29) is 5.91 Å². The quantitative estimate of drug-likeness (QED) is 0.794. The van der Waals surface area contributed by atoms with E-state index in [1.807, 2.05) is 30.3 Å². The highest BCUT2D eigenvalue weighted by atomic mass is 35.5. The Morgan fingerprint density at radius 2 is 1.86 bits per heavy atom. The first kappa shape index (κ1) is 14.2. The van der Waals surface area contributed by atoms with E-state index < -0.39 is 0 Å². The van der Waals surface area contributed by atoms with Gasteiger partial charge in [-0.1, -0.05) is 23.7 Å². The zero-order chi connectivity index (χ0) is 15.4. The summed E-state index contributed by atoms with van der Waals surface area (Å²) in [5, 5.41) is 3.41. The number of nitrogens with zero attached hydrogens (tertiary/aromatic N) is 2.